The summed E-state index contributed by atoms with van der Waals surface area (Å²) in [6, 6.07) is 7.51. The van der Waals surface area contributed by atoms with Gasteiger partial charge in [0.2, 0.25) is 5.91 Å². The van der Waals surface area contributed by atoms with Crippen molar-refractivity contribution in [2.75, 3.05) is 26.2 Å². The second-order valence-corrected chi connectivity index (χ2v) is 8.71. The minimum absolute atomic E-state index is 0.0640. The molecular formula is C24H26FN5O2. The minimum Gasteiger partial charge on any atom is -0.342 e. The minimum atomic E-state index is -0.356. The average Bonchev–Trinajstić information content (AvgIpc) is 3.28. The molecule has 8 heteroatoms. The summed E-state index contributed by atoms with van der Waals surface area (Å²) in [6.07, 6.45) is 6.77. The number of hydrogen-bond acceptors (Lipinski definition) is 4. The Morgan fingerprint density at radius 3 is 2.53 bits per heavy atom. The quantitative estimate of drug-likeness (QED) is 0.684. The number of rotatable bonds is 3. The van der Waals surface area contributed by atoms with Crippen LogP contribution in [0.25, 0.3) is 11.0 Å². The van der Waals surface area contributed by atoms with Crippen LogP contribution in [-0.2, 0) is 4.79 Å². The van der Waals surface area contributed by atoms with Crippen molar-refractivity contribution in [2.45, 2.75) is 31.6 Å². The van der Waals surface area contributed by atoms with Crippen molar-refractivity contribution in [3.05, 3.63) is 59.9 Å². The van der Waals surface area contributed by atoms with Gasteiger partial charge < -0.3 is 14.8 Å². The van der Waals surface area contributed by atoms with Gasteiger partial charge in [-0.1, -0.05) is 0 Å². The van der Waals surface area contributed by atoms with Gasteiger partial charge in [0.15, 0.2) is 0 Å². The van der Waals surface area contributed by atoms with Gasteiger partial charge in [-0.05, 0) is 56.0 Å². The Bertz CT molecular complexity index is 1090. The van der Waals surface area contributed by atoms with Crippen LogP contribution in [0, 0.1) is 11.7 Å². The molecule has 0 spiro atoms. The fraction of sp³-hybridized carbons (Fsp3) is 0.417. The maximum absolute atomic E-state index is 13.2. The van der Waals surface area contributed by atoms with E-state index in [1.807, 2.05) is 11.0 Å². The smallest absolute Gasteiger partial charge is 0.253 e. The zero-order valence-electron chi connectivity index (χ0n) is 17.8. The molecule has 0 bridgehead atoms. The van der Waals surface area contributed by atoms with Crippen LogP contribution in [0.4, 0.5) is 4.39 Å². The number of aromatic nitrogens is 3. The molecule has 0 aliphatic carbocycles. The number of likely N-dealkylation sites (tertiary alicyclic amines) is 2. The first-order valence-electron chi connectivity index (χ1n) is 11.2. The molecule has 0 saturated carbocycles. The van der Waals surface area contributed by atoms with Gasteiger partial charge in [-0.15, -0.1) is 0 Å². The third-order valence-corrected chi connectivity index (χ3v) is 6.64. The molecule has 2 amide bonds. The number of halogens is 1. The fourth-order valence-corrected chi connectivity index (χ4v) is 4.83. The number of pyridine rings is 1. The Balaban J connectivity index is 1.19. The van der Waals surface area contributed by atoms with Gasteiger partial charge in [0, 0.05) is 49.8 Å². The number of amides is 2. The molecule has 2 aliphatic heterocycles. The monoisotopic (exact) mass is 435 g/mol. The number of carbonyl (C=O) groups is 2. The van der Waals surface area contributed by atoms with Crippen LogP contribution in [0.3, 0.4) is 0 Å². The molecule has 4 heterocycles. The highest BCUT2D eigenvalue weighted by Gasteiger charge is 2.33. The Morgan fingerprint density at radius 1 is 1.00 bits per heavy atom. The predicted molar refractivity (Wildman–Crippen MR) is 117 cm³/mol. The number of fused-ring (bicyclic) bond motifs is 1. The van der Waals surface area contributed by atoms with Gasteiger partial charge in [-0.3, -0.25) is 14.6 Å². The van der Waals surface area contributed by atoms with Crippen molar-refractivity contribution in [3.63, 3.8) is 0 Å². The Labute approximate surface area is 185 Å². The van der Waals surface area contributed by atoms with E-state index in [0.29, 0.717) is 38.0 Å². The van der Waals surface area contributed by atoms with Crippen LogP contribution < -0.4 is 0 Å². The SMILES string of the molecule is O=C(c1ccc(F)cc1)N1CCC(C(=O)N2CCCC(c3nc4ccncc4[nH]3)C2)CC1. The first kappa shape index (κ1) is 20.6. The lowest BCUT2D eigenvalue weighted by molar-refractivity contribution is -0.138. The molecule has 3 aromatic rings. The number of aromatic amines is 1. The van der Waals surface area contributed by atoms with E-state index in [0.717, 1.165) is 36.2 Å². The summed E-state index contributed by atoms with van der Waals surface area (Å²) in [7, 11) is 0. The van der Waals surface area contributed by atoms with Gasteiger partial charge in [0.1, 0.15) is 11.6 Å². The molecule has 1 unspecified atom stereocenters. The summed E-state index contributed by atoms with van der Waals surface area (Å²) in [5, 5.41) is 0. The summed E-state index contributed by atoms with van der Waals surface area (Å²) in [4.78, 5) is 41.8. The summed E-state index contributed by atoms with van der Waals surface area (Å²) >= 11 is 0. The molecular weight excluding hydrogens is 409 g/mol. The second kappa shape index (κ2) is 8.68. The zero-order valence-corrected chi connectivity index (χ0v) is 17.8. The van der Waals surface area contributed by atoms with Crippen LogP contribution in [0.15, 0.2) is 42.7 Å². The van der Waals surface area contributed by atoms with Crippen molar-refractivity contribution in [2.24, 2.45) is 5.92 Å². The molecule has 0 radical (unpaired) electrons. The van der Waals surface area contributed by atoms with Crippen molar-refractivity contribution in [1.82, 2.24) is 24.8 Å². The fourth-order valence-electron chi connectivity index (χ4n) is 4.83. The van der Waals surface area contributed by atoms with E-state index in [-0.39, 0.29) is 29.5 Å². The molecule has 5 rings (SSSR count). The summed E-state index contributed by atoms with van der Waals surface area (Å²) in [6.45, 7) is 2.52. The predicted octanol–water partition coefficient (Wildman–Crippen LogP) is 3.36. The van der Waals surface area contributed by atoms with E-state index in [9.17, 15) is 14.0 Å². The van der Waals surface area contributed by atoms with Gasteiger partial charge in [0.25, 0.3) is 5.91 Å². The van der Waals surface area contributed by atoms with E-state index >= 15 is 0 Å². The highest BCUT2D eigenvalue weighted by Crippen LogP contribution is 2.29. The summed E-state index contributed by atoms with van der Waals surface area (Å²) < 4.78 is 13.1. The molecule has 2 fully saturated rings. The lowest BCUT2D eigenvalue weighted by Gasteiger charge is -2.37. The Kier molecular flexibility index (Phi) is 5.59. The molecule has 2 aliphatic rings. The Morgan fingerprint density at radius 2 is 1.78 bits per heavy atom. The first-order valence-corrected chi connectivity index (χ1v) is 11.2. The van der Waals surface area contributed by atoms with Crippen LogP contribution in [0.1, 0.15) is 47.8 Å². The van der Waals surface area contributed by atoms with Crippen molar-refractivity contribution in [1.29, 1.82) is 0 Å². The van der Waals surface area contributed by atoms with Gasteiger partial charge in [0.05, 0.1) is 17.2 Å². The zero-order chi connectivity index (χ0) is 22.1. The van der Waals surface area contributed by atoms with Crippen LogP contribution >= 0.6 is 0 Å². The first-order chi connectivity index (χ1) is 15.6. The van der Waals surface area contributed by atoms with Crippen LogP contribution in [0.2, 0.25) is 0 Å². The molecule has 1 aromatic carbocycles. The largest absolute Gasteiger partial charge is 0.342 e. The normalized spacial score (nSPS) is 20.0. The number of benzene rings is 1. The number of H-pyrrole nitrogens is 1. The lowest BCUT2D eigenvalue weighted by Crippen LogP contribution is -2.47. The molecule has 7 nitrogen and oxygen atoms in total. The van der Waals surface area contributed by atoms with Crippen molar-refractivity contribution in [3.8, 4) is 0 Å². The molecule has 2 aromatic heterocycles. The third kappa shape index (κ3) is 4.09. The number of piperidine rings is 2. The lowest BCUT2D eigenvalue weighted by atomic mass is 9.91. The average molecular weight is 436 g/mol. The van der Waals surface area contributed by atoms with Crippen molar-refractivity contribution >= 4 is 22.8 Å². The number of carbonyl (C=O) groups excluding carboxylic acids is 2. The highest BCUT2D eigenvalue weighted by molar-refractivity contribution is 5.94. The Hall–Kier alpha value is -3.29. The third-order valence-electron chi connectivity index (χ3n) is 6.64. The summed E-state index contributed by atoms with van der Waals surface area (Å²) in [5.41, 5.74) is 2.30. The maximum atomic E-state index is 13.2. The van der Waals surface area contributed by atoms with Gasteiger partial charge in [-0.25, -0.2) is 9.37 Å². The van der Waals surface area contributed by atoms with Crippen LogP contribution in [-0.4, -0.2) is 62.7 Å². The van der Waals surface area contributed by atoms with E-state index in [1.165, 1.54) is 24.3 Å². The number of nitrogens with zero attached hydrogens (tertiary/aromatic N) is 4. The van der Waals surface area contributed by atoms with E-state index < -0.39 is 0 Å². The summed E-state index contributed by atoms with van der Waals surface area (Å²) in [5.74, 6) is 0.774. The molecule has 166 valence electrons. The number of nitrogens with one attached hydrogen (secondary N) is 1. The number of imidazole rings is 1. The van der Waals surface area contributed by atoms with Crippen molar-refractivity contribution < 1.29 is 14.0 Å². The number of hydrogen-bond donors (Lipinski definition) is 1. The van der Waals surface area contributed by atoms with E-state index in [2.05, 4.69) is 9.97 Å². The molecule has 1 atom stereocenters. The molecule has 1 N–H and O–H groups in total. The van der Waals surface area contributed by atoms with Crippen LogP contribution in [0.5, 0.6) is 0 Å². The molecule has 2 saturated heterocycles. The topological polar surface area (TPSA) is 82.2 Å². The van der Waals surface area contributed by atoms with Gasteiger partial charge in [-0.2, -0.15) is 0 Å². The second-order valence-electron chi connectivity index (χ2n) is 8.71. The maximum Gasteiger partial charge on any atom is 0.253 e. The highest BCUT2D eigenvalue weighted by atomic mass is 19.1. The van der Waals surface area contributed by atoms with E-state index in [1.54, 1.807) is 17.3 Å². The standard InChI is InChI=1S/C24H26FN5O2/c25-19-5-3-16(4-6-19)23(31)29-12-8-17(9-13-29)24(32)30-11-1-2-18(15-30)22-27-20-7-10-26-14-21(20)28-22/h3-7,10,14,17-18H,1-2,8-9,11-13,15H2,(H,27,28). The molecule has 32 heavy (non-hydrogen) atoms. The van der Waals surface area contributed by atoms with E-state index in [4.69, 9.17) is 4.98 Å². The van der Waals surface area contributed by atoms with Gasteiger partial charge >= 0.3 is 0 Å².